The molecule has 0 atom stereocenters. The van der Waals surface area contributed by atoms with E-state index >= 15 is 0 Å². The number of primary amides is 1. The van der Waals surface area contributed by atoms with Crippen LogP contribution >= 0.6 is 0 Å². The smallest absolute Gasteiger partial charge is 0.341 e. The fourth-order valence-corrected chi connectivity index (χ4v) is 1.49. The Bertz CT molecular complexity index is 626. The highest BCUT2D eigenvalue weighted by atomic mass is 16.2. The van der Waals surface area contributed by atoms with E-state index in [2.05, 4.69) is 10.2 Å². The number of hydrogen-bond donors (Lipinski definition) is 3. The molecule has 0 spiro atoms. The molecule has 0 aliphatic rings. The lowest BCUT2D eigenvalue weighted by Gasteiger charge is -1.97. The first-order chi connectivity index (χ1) is 8.15. The van der Waals surface area contributed by atoms with Gasteiger partial charge in [-0.25, -0.2) is 10.3 Å². The Hall–Kier alpha value is -2.70. The molecule has 0 saturated heterocycles. The van der Waals surface area contributed by atoms with E-state index in [1.54, 1.807) is 24.3 Å². The van der Waals surface area contributed by atoms with Crippen LogP contribution in [0.25, 0.3) is 11.3 Å². The van der Waals surface area contributed by atoms with Crippen molar-refractivity contribution >= 4 is 11.7 Å². The molecule has 1 aromatic heterocycles. The van der Waals surface area contributed by atoms with Gasteiger partial charge in [0.05, 0.1) is 5.69 Å². The number of nitrogens with two attached hydrogens (primary N) is 1. The van der Waals surface area contributed by atoms with Crippen LogP contribution in [0, 0.1) is 5.53 Å². The van der Waals surface area contributed by atoms with Crippen LogP contribution in [0.2, 0.25) is 0 Å². The Morgan fingerprint density at radius 1 is 1.35 bits per heavy atom. The highest BCUT2D eigenvalue weighted by Crippen LogP contribution is 2.24. The zero-order valence-corrected chi connectivity index (χ0v) is 8.68. The van der Waals surface area contributed by atoms with Crippen LogP contribution < -0.4 is 11.3 Å². The van der Waals surface area contributed by atoms with Gasteiger partial charge in [0, 0.05) is 5.56 Å². The molecular weight excluding hydrogens is 222 g/mol. The van der Waals surface area contributed by atoms with Gasteiger partial charge in [0.2, 0.25) is 0 Å². The van der Waals surface area contributed by atoms with E-state index in [1.165, 1.54) is 0 Å². The summed E-state index contributed by atoms with van der Waals surface area (Å²) in [5.74, 6) is 0. The maximum Gasteiger partial charge on any atom is 0.341 e. The third-order valence-electron chi connectivity index (χ3n) is 2.26. The van der Waals surface area contributed by atoms with Crippen molar-refractivity contribution in [2.45, 2.75) is 0 Å². The van der Waals surface area contributed by atoms with Crippen molar-refractivity contribution < 1.29 is 4.79 Å². The largest absolute Gasteiger partial charge is 0.350 e. The van der Waals surface area contributed by atoms with E-state index in [0.717, 1.165) is 0 Å². The molecule has 1 aromatic carbocycles. The van der Waals surface area contributed by atoms with Gasteiger partial charge in [-0.05, 0) is 0 Å². The molecule has 0 unspecified atom stereocenters. The zero-order chi connectivity index (χ0) is 12.4. The monoisotopic (exact) mass is 231 g/mol. The predicted molar refractivity (Wildman–Crippen MR) is 60.3 cm³/mol. The van der Waals surface area contributed by atoms with Crippen molar-refractivity contribution in [2.75, 3.05) is 0 Å². The third-order valence-corrected chi connectivity index (χ3v) is 2.26. The summed E-state index contributed by atoms with van der Waals surface area (Å²) in [7, 11) is 0. The number of aromatic nitrogens is 2. The molecule has 7 nitrogen and oxygen atoms in total. The Kier molecular flexibility index (Phi) is 2.57. The summed E-state index contributed by atoms with van der Waals surface area (Å²) in [6, 6.07) is 7.86. The van der Waals surface area contributed by atoms with Crippen LogP contribution in [-0.4, -0.2) is 15.8 Å². The van der Waals surface area contributed by atoms with Crippen molar-refractivity contribution in [2.24, 2.45) is 10.8 Å². The standard InChI is InChI=1S/C10H9N5O2/c11-10(17)15-9(16)8(13-12)7(14-15)6-4-2-1-3-5-6/h1-5,12,14H,(H2,11,17). The average Bonchev–Trinajstić information content (AvgIpc) is 2.67. The maximum absolute atomic E-state index is 11.7. The normalized spacial score (nSPS) is 10.1. The van der Waals surface area contributed by atoms with Crippen molar-refractivity contribution in [3.05, 3.63) is 40.7 Å². The first-order valence-corrected chi connectivity index (χ1v) is 4.73. The molecule has 7 heteroatoms. The molecule has 2 aromatic rings. The summed E-state index contributed by atoms with van der Waals surface area (Å²) in [4.78, 5) is 22.6. The number of carbonyl (C=O) groups excluding carboxylic acids is 1. The maximum atomic E-state index is 11.7. The minimum Gasteiger partial charge on any atom is -0.350 e. The number of H-pyrrole nitrogens is 1. The minimum atomic E-state index is -0.943. The number of amides is 1. The molecule has 17 heavy (non-hydrogen) atoms. The molecule has 1 amide bonds. The second-order valence-electron chi connectivity index (χ2n) is 3.29. The quantitative estimate of drug-likeness (QED) is 0.678. The number of rotatable bonds is 2. The summed E-state index contributed by atoms with van der Waals surface area (Å²) in [5, 5.41) is 5.66. The number of nitrogens with zero attached hydrogens (tertiary/aromatic N) is 2. The molecule has 0 radical (unpaired) electrons. The van der Waals surface area contributed by atoms with E-state index in [0.29, 0.717) is 15.9 Å². The zero-order valence-electron chi connectivity index (χ0n) is 8.68. The van der Waals surface area contributed by atoms with Crippen LogP contribution in [-0.2, 0) is 0 Å². The van der Waals surface area contributed by atoms with Crippen LogP contribution in [0.3, 0.4) is 0 Å². The number of carbonyl (C=O) groups is 1. The Balaban J connectivity index is 2.71. The minimum absolute atomic E-state index is 0.144. The summed E-state index contributed by atoms with van der Waals surface area (Å²) in [6.45, 7) is 0. The van der Waals surface area contributed by atoms with Crippen molar-refractivity contribution in [3.63, 3.8) is 0 Å². The lowest BCUT2D eigenvalue weighted by Crippen LogP contribution is -2.29. The summed E-state index contributed by atoms with van der Waals surface area (Å²) in [5.41, 5.74) is 12.1. The predicted octanol–water partition coefficient (Wildman–Crippen LogP) is 1.43. The second-order valence-corrected chi connectivity index (χ2v) is 3.29. The van der Waals surface area contributed by atoms with Gasteiger partial charge in [-0.15, -0.1) is 0 Å². The molecular formula is C10H9N5O2. The summed E-state index contributed by atoms with van der Waals surface area (Å²) < 4.78 is 0.621. The molecule has 86 valence electrons. The van der Waals surface area contributed by atoms with Gasteiger partial charge in [-0.3, -0.25) is 9.89 Å². The van der Waals surface area contributed by atoms with E-state index in [9.17, 15) is 9.59 Å². The van der Waals surface area contributed by atoms with Gasteiger partial charge in [-0.1, -0.05) is 30.3 Å². The fourth-order valence-electron chi connectivity index (χ4n) is 1.49. The second kappa shape index (κ2) is 4.05. The molecule has 0 bridgehead atoms. The van der Waals surface area contributed by atoms with Gasteiger partial charge < -0.3 is 5.73 Å². The first kappa shape index (κ1) is 10.8. The van der Waals surface area contributed by atoms with Crippen molar-refractivity contribution in [1.82, 2.24) is 9.78 Å². The van der Waals surface area contributed by atoms with Crippen molar-refractivity contribution in [1.29, 1.82) is 5.53 Å². The summed E-state index contributed by atoms with van der Waals surface area (Å²) >= 11 is 0. The topological polar surface area (TPSA) is 117 Å². The van der Waals surface area contributed by atoms with E-state index < -0.39 is 11.6 Å². The average molecular weight is 231 g/mol. The Morgan fingerprint density at radius 3 is 2.53 bits per heavy atom. The van der Waals surface area contributed by atoms with Crippen molar-refractivity contribution in [3.8, 4) is 11.3 Å². The molecule has 0 aliphatic carbocycles. The SMILES string of the molecule is N=Nc1c(-c2ccccc2)[nH]n(C(N)=O)c1=O. The molecule has 0 aliphatic heterocycles. The Labute approximate surface area is 95.4 Å². The van der Waals surface area contributed by atoms with Crippen LogP contribution in [0.15, 0.2) is 40.2 Å². The molecule has 1 heterocycles. The fraction of sp³-hybridized carbons (Fsp3) is 0. The third kappa shape index (κ3) is 1.73. The van der Waals surface area contributed by atoms with Gasteiger partial charge in [0.25, 0.3) is 0 Å². The number of nitrogens with one attached hydrogen (secondary N) is 2. The molecule has 2 rings (SSSR count). The van der Waals surface area contributed by atoms with Crippen LogP contribution in [0.1, 0.15) is 0 Å². The van der Waals surface area contributed by atoms with E-state index in [1.807, 2.05) is 6.07 Å². The van der Waals surface area contributed by atoms with E-state index in [-0.39, 0.29) is 5.69 Å². The molecule has 4 N–H and O–H groups in total. The number of benzene rings is 1. The van der Waals surface area contributed by atoms with Gasteiger partial charge >= 0.3 is 11.6 Å². The lowest BCUT2D eigenvalue weighted by atomic mass is 10.1. The van der Waals surface area contributed by atoms with Gasteiger partial charge in [0.1, 0.15) is 0 Å². The summed E-state index contributed by atoms with van der Waals surface area (Å²) in [6.07, 6.45) is 0. The van der Waals surface area contributed by atoms with Crippen LogP contribution in [0.4, 0.5) is 10.5 Å². The number of aromatic amines is 1. The van der Waals surface area contributed by atoms with E-state index in [4.69, 9.17) is 11.3 Å². The van der Waals surface area contributed by atoms with Crippen LogP contribution in [0.5, 0.6) is 0 Å². The lowest BCUT2D eigenvalue weighted by molar-refractivity contribution is 0.247. The van der Waals surface area contributed by atoms with Gasteiger partial charge in [0.15, 0.2) is 5.69 Å². The highest BCUT2D eigenvalue weighted by molar-refractivity contribution is 5.78. The molecule has 0 fully saturated rings. The molecule has 0 saturated carbocycles. The first-order valence-electron chi connectivity index (χ1n) is 4.73. The Morgan fingerprint density at radius 2 is 2.00 bits per heavy atom. The highest BCUT2D eigenvalue weighted by Gasteiger charge is 2.17. The van der Waals surface area contributed by atoms with Gasteiger partial charge in [-0.2, -0.15) is 9.80 Å². The number of hydrogen-bond acceptors (Lipinski definition) is 4.